The van der Waals surface area contributed by atoms with Crippen molar-refractivity contribution in [3.05, 3.63) is 23.3 Å². The fourth-order valence-corrected chi connectivity index (χ4v) is 6.59. The molecule has 3 fully saturated rings. The van der Waals surface area contributed by atoms with Crippen LogP contribution in [0.5, 0.6) is 0 Å². The van der Waals surface area contributed by atoms with Gasteiger partial charge in [0, 0.05) is 12.5 Å². The van der Waals surface area contributed by atoms with Crippen molar-refractivity contribution in [3.8, 4) is 0 Å². The van der Waals surface area contributed by atoms with Crippen molar-refractivity contribution in [1.82, 2.24) is 0 Å². The van der Waals surface area contributed by atoms with Gasteiger partial charge in [-0.05, 0) is 87.0 Å². The van der Waals surface area contributed by atoms with Gasteiger partial charge in [0.2, 0.25) is 0 Å². The van der Waals surface area contributed by atoms with Crippen molar-refractivity contribution >= 4 is 11.8 Å². The number of esters is 1. The van der Waals surface area contributed by atoms with E-state index in [1.165, 1.54) is 36.8 Å². The average molecular weight is 342 g/mol. The van der Waals surface area contributed by atoms with E-state index in [0.717, 1.165) is 37.5 Å². The van der Waals surface area contributed by atoms with Crippen molar-refractivity contribution in [1.29, 1.82) is 0 Å². The molecule has 0 aromatic rings. The van der Waals surface area contributed by atoms with E-state index in [2.05, 4.69) is 6.92 Å². The minimum atomic E-state index is -0.166. The van der Waals surface area contributed by atoms with E-state index in [4.69, 9.17) is 4.74 Å². The van der Waals surface area contributed by atoms with Gasteiger partial charge in [0.15, 0.2) is 5.78 Å². The maximum absolute atomic E-state index is 12.0. The summed E-state index contributed by atoms with van der Waals surface area (Å²) in [6.07, 6.45) is 12.6. The van der Waals surface area contributed by atoms with Crippen LogP contribution in [0, 0.1) is 29.1 Å². The van der Waals surface area contributed by atoms with E-state index in [0.29, 0.717) is 24.2 Å². The first-order chi connectivity index (χ1) is 12.0. The van der Waals surface area contributed by atoms with E-state index in [9.17, 15) is 9.59 Å². The van der Waals surface area contributed by atoms with E-state index >= 15 is 0 Å². The molecule has 0 aromatic heterocycles. The van der Waals surface area contributed by atoms with Crippen molar-refractivity contribution in [2.75, 3.05) is 6.61 Å². The number of carbonyl (C=O) groups excluding carboxylic acids is 2. The molecule has 0 heterocycles. The summed E-state index contributed by atoms with van der Waals surface area (Å²) < 4.78 is 5.16. The summed E-state index contributed by atoms with van der Waals surface area (Å²) >= 11 is 0. The van der Waals surface area contributed by atoms with E-state index in [1.807, 2.05) is 13.0 Å². The molecule has 0 spiro atoms. The van der Waals surface area contributed by atoms with Gasteiger partial charge < -0.3 is 4.74 Å². The third-order valence-corrected chi connectivity index (χ3v) is 7.73. The minimum Gasteiger partial charge on any atom is -0.463 e. The molecule has 4 aliphatic rings. The molecule has 0 bridgehead atoms. The Hall–Kier alpha value is -1.38. The zero-order valence-electron chi connectivity index (χ0n) is 15.6. The largest absolute Gasteiger partial charge is 0.463 e. The summed E-state index contributed by atoms with van der Waals surface area (Å²) in [4.78, 5) is 23.8. The number of hydrogen-bond donors (Lipinski definition) is 0. The third-order valence-electron chi connectivity index (χ3n) is 7.73. The van der Waals surface area contributed by atoms with Crippen molar-refractivity contribution in [2.45, 2.75) is 65.2 Å². The van der Waals surface area contributed by atoms with Crippen LogP contribution in [-0.2, 0) is 14.3 Å². The molecule has 0 saturated heterocycles. The van der Waals surface area contributed by atoms with Crippen LogP contribution >= 0.6 is 0 Å². The van der Waals surface area contributed by atoms with E-state index in [1.54, 1.807) is 6.08 Å². The summed E-state index contributed by atoms with van der Waals surface area (Å²) in [5, 5.41) is 0. The van der Waals surface area contributed by atoms with Crippen LogP contribution < -0.4 is 0 Å². The molecule has 0 unspecified atom stereocenters. The van der Waals surface area contributed by atoms with Crippen LogP contribution in [0.15, 0.2) is 23.3 Å². The molecule has 0 amide bonds. The van der Waals surface area contributed by atoms with Crippen LogP contribution in [0.3, 0.4) is 0 Å². The first-order valence-electron chi connectivity index (χ1n) is 10.1. The normalized spacial score (nSPS) is 41.6. The Kier molecular flexibility index (Phi) is 4.37. The maximum atomic E-state index is 12.0. The van der Waals surface area contributed by atoms with Gasteiger partial charge in [-0.3, -0.25) is 4.79 Å². The smallest absolute Gasteiger partial charge is 0.330 e. The quantitative estimate of drug-likeness (QED) is 0.543. The molecule has 3 nitrogen and oxygen atoms in total. The Morgan fingerprint density at radius 1 is 1.20 bits per heavy atom. The van der Waals surface area contributed by atoms with Gasteiger partial charge in [0.05, 0.1) is 6.61 Å². The molecule has 0 aromatic carbocycles. The molecule has 0 aliphatic heterocycles. The van der Waals surface area contributed by atoms with Gasteiger partial charge in [-0.2, -0.15) is 0 Å². The highest BCUT2D eigenvalue weighted by atomic mass is 16.5. The van der Waals surface area contributed by atoms with E-state index < -0.39 is 0 Å². The van der Waals surface area contributed by atoms with Gasteiger partial charge in [-0.25, -0.2) is 4.79 Å². The summed E-state index contributed by atoms with van der Waals surface area (Å²) in [7, 11) is 0. The Morgan fingerprint density at radius 2 is 2.04 bits per heavy atom. The predicted molar refractivity (Wildman–Crippen MR) is 96.8 cm³/mol. The van der Waals surface area contributed by atoms with Gasteiger partial charge in [0.25, 0.3) is 0 Å². The second-order valence-corrected chi connectivity index (χ2v) is 8.72. The highest BCUT2D eigenvalue weighted by molar-refractivity contribution is 5.91. The first kappa shape index (κ1) is 17.1. The fourth-order valence-electron chi connectivity index (χ4n) is 6.59. The van der Waals surface area contributed by atoms with Crippen LogP contribution in [0.1, 0.15) is 65.2 Å². The zero-order chi connectivity index (χ0) is 17.6. The summed E-state index contributed by atoms with van der Waals surface area (Å²) in [6.45, 7) is 4.70. The second kappa shape index (κ2) is 6.41. The zero-order valence-corrected chi connectivity index (χ0v) is 15.6. The number of carbonyl (C=O) groups is 2. The summed E-state index contributed by atoms with van der Waals surface area (Å²) in [5.74, 6) is 3.05. The van der Waals surface area contributed by atoms with Gasteiger partial charge >= 0.3 is 5.97 Å². The maximum Gasteiger partial charge on any atom is 0.330 e. The lowest BCUT2D eigenvalue weighted by Crippen LogP contribution is -2.45. The molecule has 136 valence electrons. The van der Waals surface area contributed by atoms with Crippen molar-refractivity contribution in [2.24, 2.45) is 29.1 Å². The number of ether oxygens (including phenoxy) is 1. The molecule has 3 saturated carbocycles. The number of fused-ring (bicyclic) bond motifs is 5. The Balaban J connectivity index is 1.57. The molecular weight excluding hydrogens is 312 g/mol. The molecule has 4 rings (SSSR count). The van der Waals surface area contributed by atoms with Crippen LogP contribution in [0.4, 0.5) is 0 Å². The average Bonchev–Trinajstić information content (AvgIpc) is 2.91. The van der Waals surface area contributed by atoms with Crippen LogP contribution in [0.2, 0.25) is 0 Å². The van der Waals surface area contributed by atoms with Gasteiger partial charge in [0.1, 0.15) is 0 Å². The lowest BCUT2D eigenvalue weighted by atomic mass is 9.52. The molecule has 0 N–H and O–H groups in total. The standard InChI is InChI=1S/C22H30O3/c1-3-25-21(24)13-15-5-9-20-19-7-4-14-12-16(23)6-8-17(14)18(19)10-11-22(15,20)2/h12-13,17-20H,3-11H2,1-2H3/t17-,18+,19+,20-,22+/m0/s1. The number of rotatable bonds is 2. The lowest BCUT2D eigenvalue weighted by Gasteiger charge is -2.53. The number of allylic oxidation sites excluding steroid dienone is 2. The van der Waals surface area contributed by atoms with Crippen molar-refractivity contribution < 1.29 is 14.3 Å². The Bertz CT molecular complexity index is 644. The highest BCUT2D eigenvalue weighted by Crippen LogP contribution is 2.63. The van der Waals surface area contributed by atoms with Crippen molar-refractivity contribution in [3.63, 3.8) is 0 Å². The minimum absolute atomic E-state index is 0.166. The molecule has 3 heteroatoms. The monoisotopic (exact) mass is 342 g/mol. The molecule has 5 atom stereocenters. The number of hydrogen-bond acceptors (Lipinski definition) is 3. The molecule has 25 heavy (non-hydrogen) atoms. The SMILES string of the molecule is CCOC(=O)C=C1CC[C@H]2[C@@H]3CCC4=CC(=O)CC[C@@H]4[C@H]3CC[C@]12C. The topological polar surface area (TPSA) is 43.4 Å². The highest BCUT2D eigenvalue weighted by Gasteiger charge is 2.54. The Labute approximate surface area is 150 Å². The first-order valence-corrected chi connectivity index (χ1v) is 10.1. The summed E-state index contributed by atoms with van der Waals surface area (Å²) in [6, 6.07) is 0. The van der Waals surface area contributed by atoms with Crippen LogP contribution in [-0.4, -0.2) is 18.4 Å². The lowest BCUT2D eigenvalue weighted by molar-refractivity contribution is -0.137. The second-order valence-electron chi connectivity index (χ2n) is 8.72. The number of ketones is 1. The molecule has 0 radical (unpaired) electrons. The van der Waals surface area contributed by atoms with Gasteiger partial charge in [-0.15, -0.1) is 0 Å². The molecule has 4 aliphatic carbocycles. The van der Waals surface area contributed by atoms with E-state index in [-0.39, 0.29) is 11.4 Å². The fraction of sp³-hybridized carbons (Fsp3) is 0.727. The molecular formula is C22H30O3. The Morgan fingerprint density at radius 3 is 2.84 bits per heavy atom. The third kappa shape index (κ3) is 2.80. The van der Waals surface area contributed by atoms with Gasteiger partial charge in [-0.1, -0.05) is 18.1 Å². The summed E-state index contributed by atoms with van der Waals surface area (Å²) in [5.41, 5.74) is 2.95. The predicted octanol–water partition coefficient (Wildman–Crippen LogP) is 4.62. The van der Waals surface area contributed by atoms with Crippen LogP contribution in [0.25, 0.3) is 0 Å².